The fourth-order valence-electron chi connectivity index (χ4n) is 7.21. The van der Waals surface area contributed by atoms with Gasteiger partial charge in [0, 0.05) is 98.4 Å². The Bertz CT molecular complexity index is 3090. The minimum absolute atomic E-state index is 0. The van der Waals surface area contributed by atoms with E-state index in [1.165, 1.54) is 41.8 Å². The number of fused-ring (bicyclic) bond motifs is 2. The van der Waals surface area contributed by atoms with E-state index >= 15 is 0 Å². The van der Waals surface area contributed by atoms with Crippen LogP contribution in [0, 0.1) is 31.2 Å². The number of aliphatic hydroxyl groups excluding tert-OH is 1. The molecule has 0 saturated carbocycles. The molecule has 0 fully saturated rings. The standard InChI is InChI=1S/C18H14N.C12H9FN.C12H10N.C11H7NOP.C5H8O2.4Ir/c1-18(2)14-8-4-3-7-13(14)17-16-12(10-11-19-17)6-5-9-15(16)18;13-9-11-7-4-8-12(14-11)10-5-2-1-3-6-10;1-10-6-5-9-12(13-10)11-7-3-2-4-8-11;13-14-11-8-4-7-10(12-11)9-5-2-1-3-6-9;1-4(6)3-5(2)7;;;;/h3-6,8-11H,1-2H3;1-5,7-8H,9H2;2-7,9H,1H3;1-5,7-8H;3,6H,1-2H3;;;;/q4*-1;;;;;. The van der Waals surface area contributed by atoms with Gasteiger partial charge < -0.3 is 15.1 Å². The number of aromatic nitrogens is 4. The van der Waals surface area contributed by atoms with Crippen molar-refractivity contribution >= 4 is 30.5 Å². The Hall–Kier alpha value is -5.20. The van der Waals surface area contributed by atoms with Crippen LogP contribution in [0.25, 0.3) is 55.8 Å². The third kappa shape index (κ3) is 17.8. The largest absolute Gasteiger partial charge is 0.512 e. The molecular formula is C58H48FIr4N4O3P-4. The summed E-state index contributed by atoms with van der Waals surface area (Å²) in [7, 11) is -0.0505. The SMILES string of the molecule is CC(=O)C=C(C)O.CC1(C)c2ccc[c-]c2-c2nccc3cccc1c23.Cc1cccc(-c2[c-]cccc2)n1.FCc1cccc(-c2[c-]cccc2)n1.O=Pc1cccc(-c2[c-]cccc2)n1.[Ir].[Ir].[Ir].[Ir]. The molecule has 0 atom stereocenters. The first-order chi connectivity index (χ1) is 32.5. The number of ketones is 1. The topological polar surface area (TPSA) is 106 Å². The molecule has 4 radical (unpaired) electrons. The first-order valence-corrected chi connectivity index (χ1v) is 22.2. The molecule has 370 valence electrons. The maximum Gasteiger partial charge on any atom is 0.211 e. The summed E-state index contributed by atoms with van der Waals surface area (Å²) in [5.74, 6) is -0.0625. The molecule has 5 aromatic carbocycles. The number of hydrogen-bond acceptors (Lipinski definition) is 7. The van der Waals surface area contributed by atoms with Crippen molar-refractivity contribution in [3.63, 3.8) is 0 Å². The molecule has 7 nitrogen and oxygen atoms in total. The van der Waals surface area contributed by atoms with E-state index in [0.717, 1.165) is 50.7 Å². The van der Waals surface area contributed by atoms with Crippen LogP contribution in [0.1, 0.15) is 50.2 Å². The van der Waals surface area contributed by atoms with Gasteiger partial charge in [0.1, 0.15) is 12.1 Å². The Morgan fingerprint density at radius 1 is 0.620 bits per heavy atom. The number of aryl methyl sites for hydroxylation is 1. The smallest absolute Gasteiger partial charge is 0.211 e. The number of aliphatic hydroxyl groups is 1. The van der Waals surface area contributed by atoms with Gasteiger partial charge in [-0.1, -0.05) is 68.4 Å². The van der Waals surface area contributed by atoms with Crippen LogP contribution in [0.4, 0.5) is 4.39 Å². The van der Waals surface area contributed by atoms with E-state index in [4.69, 9.17) is 5.11 Å². The third-order valence-electron chi connectivity index (χ3n) is 10.3. The van der Waals surface area contributed by atoms with Gasteiger partial charge in [0.05, 0.1) is 11.5 Å². The molecule has 0 unspecified atom stereocenters. The number of nitrogens with zero attached hydrogens (tertiary/aromatic N) is 4. The molecule has 9 aromatic rings. The molecule has 71 heavy (non-hydrogen) atoms. The Labute approximate surface area is 472 Å². The zero-order valence-electron chi connectivity index (χ0n) is 39.2. The summed E-state index contributed by atoms with van der Waals surface area (Å²) < 4.78 is 23.0. The number of carbonyl (C=O) groups excluding carboxylic acids is 1. The predicted octanol–water partition coefficient (Wildman–Crippen LogP) is 13.7. The number of allylic oxidation sites excluding steroid dienone is 2. The van der Waals surface area contributed by atoms with Gasteiger partial charge in [0.2, 0.25) is 8.46 Å². The quantitative estimate of drug-likeness (QED) is 0.0765. The third-order valence-corrected chi connectivity index (χ3v) is 10.7. The van der Waals surface area contributed by atoms with Gasteiger partial charge in [-0.25, -0.2) is 4.39 Å². The molecule has 13 heteroatoms. The minimum Gasteiger partial charge on any atom is -0.512 e. The average Bonchev–Trinajstić information content (AvgIpc) is 3.37. The summed E-state index contributed by atoms with van der Waals surface area (Å²) in [5, 5.41) is 10.9. The molecule has 4 aromatic heterocycles. The molecule has 0 aliphatic heterocycles. The molecule has 0 amide bonds. The monoisotopic (exact) mass is 1670 g/mol. The van der Waals surface area contributed by atoms with Crippen LogP contribution in [-0.2, 0) is 102 Å². The Kier molecular flexibility index (Phi) is 27.3. The van der Waals surface area contributed by atoms with Crippen LogP contribution in [0.2, 0.25) is 0 Å². The summed E-state index contributed by atoms with van der Waals surface area (Å²) in [6, 6.07) is 67.3. The van der Waals surface area contributed by atoms with Crippen LogP contribution < -0.4 is 5.44 Å². The number of carbonyl (C=O) groups is 1. The minimum atomic E-state index is -0.527. The fraction of sp³-hybridized carbons (Fsp3) is 0.121. The number of alkyl halides is 1. The zero-order valence-corrected chi connectivity index (χ0v) is 49.7. The Balaban J connectivity index is 0.000000308. The van der Waals surface area contributed by atoms with Crippen molar-refractivity contribution in [1.82, 2.24) is 19.9 Å². The van der Waals surface area contributed by atoms with Crippen molar-refractivity contribution in [3.05, 3.63) is 235 Å². The van der Waals surface area contributed by atoms with E-state index in [-0.39, 0.29) is 106 Å². The average molecular weight is 1670 g/mol. The number of pyridine rings is 4. The normalized spacial score (nSPS) is 11.0. The summed E-state index contributed by atoms with van der Waals surface area (Å²) >= 11 is 0. The summed E-state index contributed by atoms with van der Waals surface area (Å²) in [6.45, 7) is 8.88. The van der Waals surface area contributed by atoms with E-state index in [1.54, 1.807) is 18.2 Å². The van der Waals surface area contributed by atoms with Crippen molar-refractivity contribution in [2.45, 2.75) is 46.7 Å². The van der Waals surface area contributed by atoms with Gasteiger partial charge >= 0.3 is 0 Å². The van der Waals surface area contributed by atoms with Crippen molar-refractivity contribution in [2.75, 3.05) is 0 Å². The van der Waals surface area contributed by atoms with E-state index in [2.05, 4.69) is 94.4 Å². The van der Waals surface area contributed by atoms with Crippen molar-refractivity contribution in [3.8, 4) is 45.0 Å². The Morgan fingerprint density at radius 2 is 1.14 bits per heavy atom. The predicted molar refractivity (Wildman–Crippen MR) is 268 cm³/mol. The maximum atomic E-state index is 12.3. The molecule has 1 N–H and O–H groups in total. The van der Waals surface area contributed by atoms with Crippen LogP contribution in [0.15, 0.2) is 188 Å². The molecule has 10 rings (SSSR count). The van der Waals surface area contributed by atoms with E-state index in [0.29, 0.717) is 11.1 Å². The van der Waals surface area contributed by atoms with Gasteiger partial charge in [-0.2, -0.15) is 0 Å². The van der Waals surface area contributed by atoms with Crippen LogP contribution in [0.3, 0.4) is 0 Å². The molecular weight excluding hydrogens is 1620 g/mol. The maximum absolute atomic E-state index is 12.3. The summed E-state index contributed by atoms with van der Waals surface area (Å²) in [5.41, 5.74) is 12.3. The van der Waals surface area contributed by atoms with Crippen molar-refractivity contribution in [2.24, 2.45) is 0 Å². The second-order valence-corrected chi connectivity index (χ2v) is 16.3. The van der Waals surface area contributed by atoms with Gasteiger partial charge in [0.15, 0.2) is 5.78 Å². The number of hydrogen-bond donors (Lipinski definition) is 1. The van der Waals surface area contributed by atoms with Crippen molar-refractivity contribution < 1.29 is 99.3 Å². The van der Waals surface area contributed by atoms with Gasteiger partial charge in [-0.05, 0) is 89.6 Å². The van der Waals surface area contributed by atoms with Crippen molar-refractivity contribution in [1.29, 1.82) is 0 Å². The van der Waals surface area contributed by atoms with E-state index in [9.17, 15) is 13.8 Å². The van der Waals surface area contributed by atoms with Crippen LogP contribution in [0.5, 0.6) is 0 Å². The molecule has 0 bridgehead atoms. The van der Waals surface area contributed by atoms with Gasteiger partial charge in [-0.15, -0.1) is 143 Å². The molecule has 0 spiro atoms. The zero-order chi connectivity index (χ0) is 47.6. The molecule has 0 saturated heterocycles. The first-order valence-electron chi connectivity index (χ1n) is 21.4. The summed E-state index contributed by atoms with van der Waals surface area (Å²) in [6.07, 6.45) is 3.06. The van der Waals surface area contributed by atoms with E-state index in [1.807, 2.05) is 128 Å². The fourth-order valence-corrected chi connectivity index (χ4v) is 7.51. The first kappa shape index (κ1) is 61.9. The Morgan fingerprint density at radius 3 is 1.65 bits per heavy atom. The molecule has 1 aliphatic carbocycles. The van der Waals surface area contributed by atoms with Gasteiger partial charge in [-0.3, -0.25) is 19.3 Å². The number of benzene rings is 5. The summed E-state index contributed by atoms with van der Waals surface area (Å²) in [4.78, 5) is 27.4. The molecule has 1 aliphatic rings. The number of halogens is 1. The second kappa shape index (κ2) is 31.3. The van der Waals surface area contributed by atoms with Gasteiger partial charge in [0.25, 0.3) is 0 Å². The second-order valence-electron chi connectivity index (χ2n) is 15.7. The van der Waals surface area contributed by atoms with Crippen LogP contribution >= 0.6 is 8.46 Å². The van der Waals surface area contributed by atoms with Crippen LogP contribution in [-0.4, -0.2) is 30.8 Å². The molecule has 4 heterocycles. The number of rotatable bonds is 6. The van der Waals surface area contributed by atoms with E-state index < -0.39 is 6.67 Å².